The minimum absolute atomic E-state index is 0.278. The number of carbonyl (C=O) groups is 2. The first-order valence-corrected chi connectivity index (χ1v) is 10.7. The molecule has 1 aromatic heterocycles. The quantitative estimate of drug-likeness (QED) is 0.598. The van der Waals surface area contributed by atoms with Crippen LogP contribution in [-0.2, 0) is 17.6 Å². The van der Waals surface area contributed by atoms with Crippen molar-refractivity contribution in [2.75, 3.05) is 11.9 Å². The van der Waals surface area contributed by atoms with E-state index in [2.05, 4.69) is 5.32 Å². The number of aryl methyl sites for hydroxylation is 1. The van der Waals surface area contributed by atoms with Crippen molar-refractivity contribution in [2.24, 2.45) is 0 Å². The van der Waals surface area contributed by atoms with E-state index >= 15 is 0 Å². The smallest absolute Gasteiger partial charge is 0.341 e. The van der Waals surface area contributed by atoms with E-state index in [0.29, 0.717) is 20.6 Å². The third-order valence-electron chi connectivity index (χ3n) is 4.55. The van der Waals surface area contributed by atoms with Gasteiger partial charge >= 0.3 is 5.97 Å². The van der Waals surface area contributed by atoms with Crippen molar-refractivity contribution in [1.82, 2.24) is 0 Å². The average Bonchev–Trinajstić information content (AvgIpc) is 2.93. The number of halogens is 2. The summed E-state index contributed by atoms with van der Waals surface area (Å²) >= 11 is 13.6. The molecule has 0 bridgehead atoms. The largest absolute Gasteiger partial charge is 0.462 e. The number of fused-ring (bicyclic) bond motifs is 1. The first-order chi connectivity index (χ1) is 13.0. The van der Waals surface area contributed by atoms with Crippen LogP contribution < -0.4 is 5.32 Å². The number of ether oxygens (including phenoxy) is 1. The standard InChI is InChI=1S/C20H21Cl2NO3S/c1-2-26-20(25)17-13-7-5-3-4-6-8-16(13)27-19(17)23-18(24)14-11-12(21)9-10-15(14)22/h9-11H,2-8H2,1H3,(H,23,24). The first-order valence-electron chi connectivity index (χ1n) is 9.09. The summed E-state index contributed by atoms with van der Waals surface area (Å²) in [6.45, 7) is 2.06. The van der Waals surface area contributed by atoms with Crippen molar-refractivity contribution in [2.45, 2.75) is 45.4 Å². The third-order valence-corrected chi connectivity index (χ3v) is 6.32. The molecular formula is C20H21Cl2NO3S. The van der Waals surface area contributed by atoms with Gasteiger partial charge < -0.3 is 10.1 Å². The van der Waals surface area contributed by atoms with E-state index in [-0.39, 0.29) is 24.0 Å². The zero-order valence-electron chi connectivity index (χ0n) is 15.1. The van der Waals surface area contributed by atoms with Crippen molar-refractivity contribution in [3.05, 3.63) is 49.8 Å². The van der Waals surface area contributed by atoms with Gasteiger partial charge in [-0.1, -0.05) is 36.0 Å². The van der Waals surface area contributed by atoms with Crippen LogP contribution in [-0.4, -0.2) is 18.5 Å². The normalized spacial score (nSPS) is 14.0. The molecule has 3 rings (SSSR count). The second kappa shape index (κ2) is 9.09. The van der Waals surface area contributed by atoms with Gasteiger partial charge in [-0.25, -0.2) is 4.79 Å². The van der Waals surface area contributed by atoms with Crippen LogP contribution in [0.25, 0.3) is 0 Å². The van der Waals surface area contributed by atoms with E-state index in [4.69, 9.17) is 27.9 Å². The third kappa shape index (κ3) is 4.65. The molecule has 0 saturated carbocycles. The van der Waals surface area contributed by atoms with Gasteiger partial charge in [0.1, 0.15) is 5.00 Å². The summed E-state index contributed by atoms with van der Waals surface area (Å²) in [5.74, 6) is -0.773. The molecule has 4 nitrogen and oxygen atoms in total. The summed E-state index contributed by atoms with van der Waals surface area (Å²) in [5, 5.41) is 4.13. The molecule has 0 atom stereocenters. The highest BCUT2D eigenvalue weighted by molar-refractivity contribution is 7.17. The number of amides is 1. The number of rotatable bonds is 4. The van der Waals surface area contributed by atoms with Crippen molar-refractivity contribution >= 4 is 51.4 Å². The van der Waals surface area contributed by atoms with E-state index < -0.39 is 0 Å². The Morgan fingerprint density at radius 2 is 1.89 bits per heavy atom. The Kier molecular flexibility index (Phi) is 6.79. The zero-order valence-corrected chi connectivity index (χ0v) is 17.4. The molecule has 1 amide bonds. The molecule has 2 aromatic rings. The zero-order chi connectivity index (χ0) is 19.4. The highest BCUT2D eigenvalue weighted by atomic mass is 35.5. The summed E-state index contributed by atoms with van der Waals surface area (Å²) in [6, 6.07) is 4.73. The Morgan fingerprint density at radius 1 is 1.15 bits per heavy atom. The van der Waals surface area contributed by atoms with Crippen molar-refractivity contribution < 1.29 is 14.3 Å². The van der Waals surface area contributed by atoms with Gasteiger partial charge in [0.05, 0.1) is 22.8 Å². The summed E-state index contributed by atoms with van der Waals surface area (Å²) in [4.78, 5) is 26.5. The van der Waals surface area contributed by atoms with E-state index in [1.54, 1.807) is 19.1 Å². The molecule has 0 fully saturated rings. The van der Waals surface area contributed by atoms with Gasteiger partial charge in [-0.15, -0.1) is 11.3 Å². The molecule has 0 aliphatic heterocycles. The Morgan fingerprint density at radius 3 is 2.63 bits per heavy atom. The Labute approximate surface area is 172 Å². The number of thiophene rings is 1. The maximum atomic E-state index is 12.8. The number of esters is 1. The summed E-state index contributed by atoms with van der Waals surface area (Å²) < 4.78 is 5.26. The molecule has 1 heterocycles. The number of hydrogen-bond acceptors (Lipinski definition) is 4. The van der Waals surface area contributed by atoms with Gasteiger partial charge in [-0.05, 0) is 56.4 Å². The predicted octanol–water partition coefficient (Wildman–Crippen LogP) is 6.14. The van der Waals surface area contributed by atoms with Gasteiger partial charge in [0.25, 0.3) is 5.91 Å². The SMILES string of the molecule is CCOC(=O)c1c(NC(=O)c2cc(Cl)ccc2Cl)sc2c1CCCCCC2. The highest BCUT2D eigenvalue weighted by Gasteiger charge is 2.26. The number of hydrogen-bond donors (Lipinski definition) is 1. The molecule has 1 N–H and O–H groups in total. The van der Waals surface area contributed by atoms with Gasteiger partial charge in [0, 0.05) is 9.90 Å². The molecule has 1 aliphatic carbocycles. The van der Waals surface area contributed by atoms with Crippen molar-refractivity contribution in [3.8, 4) is 0 Å². The van der Waals surface area contributed by atoms with E-state index in [1.807, 2.05) is 0 Å². The van der Waals surface area contributed by atoms with Crippen LogP contribution in [0.4, 0.5) is 5.00 Å². The van der Waals surface area contributed by atoms with E-state index in [0.717, 1.165) is 42.5 Å². The van der Waals surface area contributed by atoms with Gasteiger partial charge in [-0.3, -0.25) is 4.79 Å². The second-order valence-electron chi connectivity index (χ2n) is 6.42. The van der Waals surface area contributed by atoms with Crippen LogP contribution in [0.3, 0.4) is 0 Å². The lowest BCUT2D eigenvalue weighted by atomic mass is 9.96. The number of carbonyl (C=O) groups excluding carboxylic acids is 2. The molecule has 144 valence electrons. The first kappa shape index (κ1) is 20.2. The van der Waals surface area contributed by atoms with Crippen LogP contribution in [0.1, 0.15) is 63.8 Å². The molecule has 0 spiro atoms. The van der Waals surface area contributed by atoms with Crippen LogP contribution in [0.5, 0.6) is 0 Å². The molecule has 0 radical (unpaired) electrons. The molecule has 27 heavy (non-hydrogen) atoms. The van der Waals surface area contributed by atoms with Crippen LogP contribution >= 0.6 is 34.5 Å². The molecule has 1 aromatic carbocycles. The fraction of sp³-hybridized carbons (Fsp3) is 0.400. The maximum absolute atomic E-state index is 12.8. The lowest BCUT2D eigenvalue weighted by Gasteiger charge is -2.11. The number of anilines is 1. The minimum Gasteiger partial charge on any atom is -0.462 e. The van der Waals surface area contributed by atoms with Gasteiger partial charge in [0.15, 0.2) is 0 Å². The average molecular weight is 426 g/mol. The lowest BCUT2D eigenvalue weighted by molar-refractivity contribution is 0.0526. The van der Waals surface area contributed by atoms with Gasteiger partial charge in [-0.2, -0.15) is 0 Å². The van der Waals surface area contributed by atoms with E-state index in [9.17, 15) is 9.59 Å². The molecule has 0 unspecified atom stereocenters. The Hall–Kier alpha value is -1.56. The van der Waals surface area contributed by atoms with Crippen LogP contribution in [0.2, 0.25) is 10.0 Å². The fourth-order valence-electron chi connectivity index (χ4n) is 3.27. The second-order valence-corrected chi connectivity index (χ2v) is 8.37. The predicted molar refractivity (Wildman–Crippen MR) is 111 cm³/mol. The molecule has 0 saturated heterocycles. The highest BCUT2D eigenvalue weighted by Crippen LogP contribution is 2.38. The fourth-order valence-corrected chi connectivity index (χ4v) is 4.92. The minimum atomic E-state index is -0.387. The Bertz CT molecular complexity index is 863. The van der Waals surface area contributed by atoms with Crippen LogP contribution in [0.15, 0.2) is 18.2 Å². The number of benzene rings is 1. The molecule has 1 aliphatic rings. The van der Waals surface area contributed by atoms with Crippen LogP contribution in [0, 0.1) is 0 Å². The summed E-state index contributed by atoms with van der Waals surface area (Å²) in [6.07, 6.45) is 6.20. The lowest BCUT2D eigenvalue weighted by Crippen LogP contribution is -2.16. The molecular weight excluding hydrogens is 405 g/mol. The topological polar surface area (TPSA) is 55.4 Å². The Balaban J connectivity index is 1.98. The maximum Gasteiger partial charge on any atom is 0.341 e. The summed E-state index contributed by atoms with van der Waals surface area (Å²) in [7, 11) is 0. The monoisotopic (exact) mass is 425 g/mol. The van der Waals surface area contributed by atoms with Crippen molar-refractivity contribution in [3.63, 3.8) is 0 Å². The van der Waals surface area contributed by atoms with E-state index in [1.165, 1.54) is 23.8 Å². The van der Waals surface area contributed by atoms with Crippen molar-refractivity contribution in [1.29, 1.82) is 0 Å². The molecule has 7 heteroatoms. The number of nitrogens with one attached hydrogen (secondary N) is 1. The van der Waals surface area contributed by atoms with Gasteiger partial charge in [0.2, 0.25) is 0 Å². The summed E-state index contributed by atoms with van der Waals surface area (Å²) in [5.41, 5.74) is 1.79.